The Morgan fingerprint density at radius 2 is 1.96 bits per heavy atom. The third-order valence-electron chi connectivity index (χ3n) is 7.01. The van der Waals surface area contributed by atoms with Gasteiger partial charge in [-0.15, -0.1) is 0 Å². The van der Waals surface area contributed by atoms with Crippen LogP contribution in [-0.2, 0) is 11.3 Å². The van der Waals surface area contributed by atoms with Crippen molar-refractivity contribution in [3.05, 3.63) is 30.2 Å². The molecule has 5 nitrogen and oxygen atoms in total. The molecule has 2 heterocycles. The van der Waals surface area contributed by atoms with Gasteiger partial charge in [0, 0.05) is 36.5 Å². The number of amides is 1. The van der Waals surface area contributed by atoms with E-state index >= 15 is 0 Å². The van der Waals surface area contributed by atoms with Crippen LogP contribution in [0.1, 0.15) is 55.9 Å². The van der Waals surface area contributed by atoms with E-state index in [1.165, 1.54) is 38.5 Å². The van der Waals surface area contributed by atoms with Gasteiger partial charge >= 0.3 is 0 Å². The summed E-state index contributed by atoms with van der Waals surface area (Å²) in [6.07, 6.45) is 11.3. The second kappa shape index (κ2) is 6.62. The molecule has 0 atom stereocenters. The lowest BCUT2D eigenvalue weighted by atomic mass is 9.53. The van der Waals surface area contributed by atoms with Gasteiger partial charge in [-0.25, -0.2) is 0 Å². The zero-order chi connectivity index (χ0) is 18.4. The molecule has 4 aliphatic rings. The van der Waals surface area contributed by atoms with E-state index in [0.717, 1.165) is 34.4 Å². The molecule has 6 rings (SSSR count). The first-order valence-corrected chi connectivity index (χ1v) is 10.5. The third-order valence-corrected chi connectivity index (χ3v) is 7.01. The maximum Gasteiger partial charge on any atom is 0.268 e. The van der Waals surface area contributed by atoms with E-state index in [1.807, 2.05) is 25.3 Å². The number of nitrogens with zero attached hydrogens (tertiary/aromatic N) is 2. The third kappa shape index (κ3) is 3.06. The Morgan fingerprint density at radius 3 is 2.63 bits per heavy atom. The largest absolute Gasteiger partial charge is 0.380 e. The lowest BCUT2D eigenvalue weighted by Gasteiger charge is -2.56. The quantitative estimate of drug-likeness (QED) is 0.791. The Morgan fingerprint density at radius 1 is 1.26 bits per heavy atom. The standard InChI is InChI=1S/C22H29N3O2/c1-2-27-6-5-25-19-3-4-23-14-18(19)10-20(25)21(26)24-22-11-15-7-16(12-22)9-17(8-15)13-22/h3-4,10,14-17H,2,5-9,11-13H2,1H3,(H,24,26). The fraction of sp³-hybridized carbons (Fsp3) is 0.636. The number of pyridine rings is 1. The molecule has 0 spiro atoms. The summed E-state index contributed by atoms with van der Waals surface area (Å²) in [6, 6.07) is 3.98. The molecule has 4 fully saturated rings. The molecule has 2 aromatic heterocycles. The maximum absolute atomic E-state index is 13.4. The van der Waals surface area contributed by atoms with E-state index in [2.05, 4.69) is 14.9 Å². The number of aromatic nitrogens is 2. The number of ether oxygens (including phenoxy) is 1. The van der Waals surface area contributed by atoms with Crippen molar-refractivity contribution in [3.63, 3.8) is 0 Å². The molecule has 4 bridgehead atoms. The molecule has 1 N–H and O–H groups in total. The van der Waals surface area contributed by atoms with Gasteiger partial charge in [0.15, 0.2) is 0 Å². The predicted octanol–water partition coefficient (Wildman–Crippen LogP) is 3.77. The normalized spacial score (nSPS) is 31.5. The van der Waals surface area contributed by atoms with Crippen LogP contribution in [0.5, 0.6) is 0 Å². The van der Waals surface area contributed by atoms with Gasteiger partial charge in [-0.2, -0.15) is 0 Å². The molecule has 4 saturated carbocycles. The van der Waals surface area contributed by atoms with Crippen molar-refractivity contribution in [2.75, 3.05) is 13.2 Å². The Balaban J connectivity index is 1.43. The van der Waals surface area contributed by atoms with Crippen LogP contribution in [-0.4, -0.2) is 34.2 Å². The number of fused-ring (bicyclic) bond motifs is 1. The van der Waals surface area contributed by atoms with Crippen molar-refractivity contribution in [2.24, 2.45) is 17.8 Å². The highest BCUT2D eigenvalue weighted by Gasteiger charge is 2.51. The molecule has 0 radical (unpaired) electrons. The van der Waals surface area contributed by atoms with E-state index < -0.39 is 0 Å². The second-order valence-corrected chi connectivity index (χ2v) is 8.96. The van der Waals surface area contributed by atoms with Gasteiger partial charge in [0.05, 0.1) is 12.1 Å². The van der Waals surface area contributed by atoms with Crippen LogP contribution in [0.3, 0.4) is 0 Å². The van der Waals surface area contributed by atoms with Crippen LogP contribution >= 0.6 is 0 Å². The Kier molecular flexibility index (Phi) is 4.23. The number of nitrogens with one attached hydrogen (secondary N) is 1. The molecule has 0 saturated heterocycles. The minimum atomic E-state index is 0.0330. The van der Waals surface area contributed by atoms with Crippen molar-refractivity contribution >= 4 is 16.8 Å². The van der Waals surface area contributed by atoms with Crippen molar-refractivity contribution in [2.45, 2.75) is 57.5 Å². The van der Waals surface area contributed by atoms with Crippen molar-refractivity contribution < 1.29 is 9.53 Å². The van der Waals surface area contributed by atoms with Gasteiger partial charge < -0.3 is 14.6 Å². The molecular weight excluding hydrogens is 338 g/mol. The van der Waals surface area contributed by atoms with Crippen LogP contribution in [0, 0.1) is 17.8 Å². The molecular formula is C22H29N3O2. The molecule has 5 heteroatoms. The van der Waals surface area contributed by atoms with Gasteiger partial charge in [-0.1, -0.05) is 0 Å². The monoisotopic (exact) mass is 367 g/mol. The van der Waals surface area contributed by atoms with Gasteiger partial charge in [0.1, 0.15) is 5.69 Å². The van der Waals surface area contributed by atoms with E-state index in [4.69, 9.17) is 4.74 Å². The molecule has 0 aromatic carbocycles. The molecule has 0 aliphatic heterocycles. The summed E-state index contributed by atoms with van der Waals surface area (Å²) in [5.41, 5.74) is 1.83. The highest BCUT2D eigenvalue weighted by atomic mass is 16.5. The smallest absolute Gasteiger partial charge is 0.268 e. The zero-order valence-electron chi connectivity index (χ0n) is 16.1. The minimum Gasteiger partial charge on any atom is -0.380 e. The van der Waals surface area contributed by atoms with Gasteiger partial charge in [-0.05, 0) is 75.3 Å². The first kappa shape index (κ1) is 17.2. The summed E-state index contributed by atoms with van der Waals surface area (Å²) >= 11 is 0. The lowest BCUT2D eigenvalue weighted by Crippen LogP contribution is -2.60. The lowest BCUT2D eigenvalue weighted by molar-refractivity contribution is -0.0168. The highest BCUT2D eigenvalue weighted by Crippen LogP contribution is 2.55. The zero-order valence-corrected chi connectivity index (χ0v) is 16.1. The summed E-state index contributed by atoms with van der Waals surface area (Å²) in [7, 11) is 0. The van der Waals surface area contributed by atoms with Gasteiger partial charge in [-0.3, -0.25) is 9.78 Å². The van der Waals surface area contributed by atoms with Crippen LogP contribution in [0.25, 0.3) is 10.9 Å². The molecule has 27 heavy (non-hydrogen) atoms. The maximum atomic E-state index is 13.4. The minimum absolute atomic E-state index is 0.0330. The van der Waals surface area contributed by atoms with Gasteiger partial charge in [0.25, 0.3) is 5.91 Å². The average Bonchev–Trinajstić information content (AvgIpc) is 2.99. The average molecular weight is 367 g/mol. The Hall–Kier alpha value is -1.88. The second-order valence-electron chi connectivity index (χ2n) is 8.96. The molecule has 1 amide bonds. The van der Waals surface area contributed by atoms with Crippen molar-refractivity contribution in [1.82, 2.24) is 14.9 Å². The molecule has 144 valence electrons. The summed E-state index contributed by atoms with van der Waals surface area (Å²) in [6.45, 7) is 3.99. The highest BCUT2D eigenvalue weighted by molar-refractivity contribution is 5.99. The van der Waals surface area contributed by atoms with Crippen molar-refractivity contribution in [1.29, 1.82) is 0 Å². The fourth-order valence-corrected chi connectivity index (χ4v) is 6.41. The van der Waals surface area contributed by atoms with Crippen LogP contribution in [0.2, 0.25) is 0 Å². The number of carbonyl (C=O) groups excluding carboxylic acids is 1. The number of rotatable bonds is 6. The van der Waals surface area contributed by atoms with E-state index in [0.29, 0.717) is 19.8 Å². The van der Waals surface area contributed by atoms with Crippen LogP contribution < -0.4 is 5.32 Å². The van der Waals surface area contributed by atoms with E-state index in [-0.39, 0.29) is 11.4 Å². The van der Waals surface area contributed by atoms with Gasteiger partial charge in [0.2, 0.25) is 0 Å². The van der Waals surface area contributed by atoms with Crippen LogP contribution in [0.4, 0.5) is 0 Å². The molecule has 0 unspecified atom stereocenters. The number of hydrogen-bond donors (Lipinski definition) is 1. The number of carbonyl (C=O) groups is 1. The first-order chi connectivity index (χ1) is 13.2. The molecule has 4 aliphatic carbocycles. The number of hydrogen-bond acceptors (Lipinski definition) is 3. The summed E-state index contributed by atoms with van der Waals surface area (Å²) in [5, 5.41) is 4.53. The summed E-state index contributed by atoms with van der Waals surface area (Å²) in [4.78, 5) is 17.6. The fourth-order valence-electron chi connectivity index (χ4n) is 6.41. The molecule has 2 aromatic rings. The Labute approximate surface area is 160 Å². The van der Waals surface area contributed by atoms with E-state index in [1.54, 1.807) is 6.20 Å². The predicted molar refractivity (Wildman–Crippen MR) is 105 cm³/mol. The topological polar surface area (TPSA) is 56.1 Å². The van der Waals surface area contributed by atoms with Crippen molar-refractivity contribution in [3.8, 4) is 0 Å². The SMILES string of the molecule is CCOCCn1c(C(=O)NC23CC4CC(CC(C4)C2)C3)cc2cnccc21. The van der Waals surface area contributed by atoms with E-state index in [9.17, 15) is 4.79 Å². The Bertz CT molecular complexity index is 821. The summed E-state index contributed by atoms with van der Waals surface area (Å²) < 4.78 is 7.66. The van der Waals surface area contributed by atoms with Crippen LogP contribution in [0.15, 0.2) is 24.5 Å². The first-order valence-electron chi connectivity index (χ1n) is 10.5. The summed E-state index contributed by atoms with van der Waals surface area (Å²) in [5.74, 6) is 2.54.